The van der Waals surface area contributed by atoms with Gasteiger partial charge in [-0.1, -0.05) is 31.2 Å². The Kier molecular flexibility index (Phi) is 8.42. The van der Waals surface area contributed by atoms with E-state index in [1.54, 1.807) is 23.5 Å². The number of ether oxygens (including phenoxy) is 1. The van der Waals surface area contributed by atoms with Crippen LogP contribution in [0, 0.1) is 0 Å². The monoisotopic (exact) mass is 570 g/mol. The third-order valence-corrected chi connectivity index (χ3v) is 7.84. The van der Waals surface area contributed by atoms with Crippen LogP contribution in [-0.2, 0) is 19.5 Å². The summed E-state index contributed by atoms with van der Waals surface area (Å²) in [6, 6.07) is 16.1. The second kappa shape index (κ2) is 12.3. The van der Waals surface area contributed by atoms with Crippen molar-refractivity contribution in [1.82, 2.24) is 15.6 Å². The molecule has 0 fully saturated rings. The number of benzene rings is 2. The lowest BCUT2D eigenvalue weighted by Crippen LogP contribution is -2.26. The van der Waals surface area contributed by atoms with Gasteiger partial charge in [0.2, 0.25) is 0 Å². The van der Waals surface area contributed by atoms with Gasteiger partial charge >= 0.3 is 5.97 Å². The van der Waals surface area contributed by atoms with Crippen molar-refractivity contribution in [3.05, 3.63) is 93.6 Å². The summed E-state index contributed by atoms with van der Waals surface area (Å²) in [5, 5.41) is 17.8. The fraction of sp³-hybridized carbons (Fsp3) is 0.226. The maximum atomic E-state index is 13.7. The van der Waals surface area contributed by atoms with Crippen molar-refractivity contribution in [2.75, 3.05) is 13.2 Å². The molecule has 5 N–H and O–H groups in total. The van der Waals surface area contributed by atoms with Crippen LogP contribution in [-0.4, -0.2) is 41.0 Å². The summed E-state index contributed by atoms with van der Waals surface area (Å²) >= 11 is 1.56. The van der Waals surface area contributed by atoms with Crippen molar-refractivity contribution in [2.24, 2.45) is 5.73 Å². The SMILES string of the molecule is CCCNC(=O)c1ccc(-c2cc3c(cc2C(=O)NCc2ccc(CN)cc2)-c2sccc2CCO3)c(C(=O)O)n1. The second-order valence-corrected chi connectivity index (χ2v) is 10.5. The van der Waals surface area contributed by atoms with E-state index in [1.165, 1.54) is 12.1 Å². The van der Waals surface area contributed by atoms with Gasteiger partial charge in [0, 0.05) is 53.2 Å². The van der Waals surface area contributed by atoms with Crippen LogP contribution in [0.3, 0.4) is 0 Å². The number of fused-ring (bicyclic) bond motifs is 3. The highest BCUT2D eigenvalue weighted by Crippen LogP contribution is 2.43. The van der Waals surface area contributed by atoms with Gasteiger partial charge in [0.1, 0.15) is 11.4 Å². The maximum Gasteiger partial charge on any atom is 0.355 e. The molecule has 2 amide bonds. The lowest BCUT2D eigenvalue weighted by molar-refractivity contribution is 0.0690. The zero-order valence-electron chi connectivity index (χ0n) is 22.5. The Hall–Kier alpha value is -4.54. The number of carbonyl (C=O) groups is 3. The number of nitrogens with zero attached hydrogens (tertiary/aromatic N) is 1. The molecule has 0 aliphatic carbocycles. The van der Waals surface area contributed by atoms with E-state index in [0.717, 1.165) is 33.6 Å². The number of pyridine rings is 1. The van der Waals surface area contributed by atoms with Crippen LogP contribution in [0.1, 0.15) is 61.4 Å². The number of hydrogen-bond donors (Lipinski definition) is 4. The number of carboxylic acids is 1. The third kappa shape index (κ3) is 5.98. The summed E-state index contributed by atoms with van der Waals surface area (Å²) in [6.45, 7) is 3.50. The molecule has 41 heavy (non-hydrogen) atoms. The summed E-state index contributed by atoms with van der Waals surface area (Å²) in [4.78, 5) is 43.8. The number of nitrogens with one attached hydrogen (secondary N) is 2. The maximum absolute atomic E-state index is 13.7. The average molecular weight is 571 g/mol. The number of aromatic carboxylic acids is 1. The lowest BCUT2D eigenvalue weighted by atomic mass is 9.93. The number of nitrogens with two attached hydrogens (primary N) is 1. The van der Waals surface area contributed by atoms with Crippen LogP contribution in [0.4, 0.5) is 0 Å². The smallest absolute Gasteiger partial charge is 0.355 e. The molecular weight excluding hydrogens is 540 g/mol. The molecule has 9 nitrogen and oxygen atoms in total. The molecule has 0 unspecified atom stereocenters. The summed E-state index contributed by atoms with van der Waals surface area (Å²) in [5.41, 5.74) is 9.98. The van der Waals surface area contributed by atoms with E-state index in [1.807, 2.05) is 42.6 Å². The van der Waals surface area contributed by atoms with Gasteiger partial charge in [-0.05, 0) is 58.8 Å². The van der Waals surface area contributed by atoms with Gasteiger partial charge in [0.05, 0.1) is 6.61 Å². The minimum absolute atomic E-state index is 0.0132. The first-order valence-electron chi connectivity index (χ1n) is 13.4. The minimum Gasteiger partial charge on any atom is -0.493 e. The Morgan fingerprint density at radius 2 is 1.76 bits per heavy atom. The molecule has 0 saturated carbocycles. The first kappa shape index (κ1) is 28.0. The molecule has 0 spiro atoms. The normalized spacial score (nSPS) is 12.0. The molecular formula is C31H30N4O5S. The molecule has 4 aromatic rings. The van der Waals surface area contributed by atoms with E-state index in [4.69, 9.17) is 10.5 Å². The topological polar surface area (TPSA) is 144 Å². The van der Waals surface area contributed by atoms with E-state index >= 15 is 0 Å². The number of aromatic nitrogens is 1. The van der Waals surface area contributed by atoms with Crippen molar-refractivity contribution in [3.8, 4) is 27.3 Å². The van der Waals surface area contributed by atoms with Crippen molar-refractivity contribution >= 4 is 29.1 Å². The number of rotatable bonds is 9. The Morgan fingerprint density at radius 1 is 0.976 bits per heavy atom. The molecule has 10 heteroatoms. The number of carboxylic acid groups (broad SMARTS) is 1. The van der Waals surface area contributed by atoms with E-state index in [-0.39, 0.29) is 35.0 Å². The molecule has 2 aromatic heterocycles. The zero-order valence-corrected chi connectivity index (χ0v) is 23.3. The van der Waals surface area contributed by atoms with Crippen LogP contribution in [0.5, 0.6) is 5.75 Å². The largest absolute Gasteiger partial charge is 0.493 e. The first-order chi connectivity index (χ1) is 19.9. The fourth-order valence-electron chi connectivity index (χ4n) is 4.69. The Balaban J connectivity index is 1.59. The van der Waals surface area contributed by atoms with Gasteiger partial charge in [-0.3, -0.25) is 9.59 Å². The number of carbonyl (C=O) groups excluding carboxylic acids is 2. The predicted molar refractivity (Wildman–Crippen MR) is 157 cm³/mol. The van der Waals surface area contributed by atoms with Gasteiger partial charge in [0.15, 0.2) is 5.69 Å². The van der Waals surface area contributed by atoms with Crippen molar-refractivity contribution in [3.63, 3.8) is 0 Å². The highest BCUT2D eigenvalue weighted by atomic mass is 32.1. The van der Waals surface area contributed by atoms with E-state index in [0.29, 0.717) is 37.4 Å². The van der Waals surface area contributed by atoms with Gasteiger partial charge in [-0.2, -0.15) is 0 Å². The Morgan fingerprint density at radius 3 is 2.49 bits per heavy atom. The predicted octanol–water partition coefficient (Wildman–Crippen LogP) is 4.64. The van der Waals surface area contributed by atoms with E-state index < -0.39 is 11.9 Å². The molecule has 0 bridgehead atoms. The van der Waals surface area contributed by atoms with Gasteiger partial charge in [-0.15, -0.1) is 11.3 Å². The quantitative estimate of drug-likeness (QED) is 0.230. The highest BCUT2D eigenvalue weighted by Gasteiger charge is 2.26. The molecule has 2 aromatic carbocycles. The van der Waals surface area contributed by atoms with Gasteiger partial charge in [0.25, 0.3) is 11.8 Å². The van der Waals surface area contributed by atoms with E-state index in [9.17, 15) is 19.5 Å². The summed E-state index contributed by atoms with van der Waals surface area (Å²) in [6.07, 6.45) is 1.44. The van der Waals surface area contributed by atoms with Crippen LogP contribution in [0.25, 0.3) is 21.6 Å². The lowest BCUT2D eigenvalue weighted by Gasteiger charge is -2.17. The molecule has 210 valence electrons. The van der Waals surface area contributed by atoms with Crippen LogP contribution >= 0.6 is 11.3 Å². The summed E-state index contributed by atoms with van der Waals surface area (Å²) in [7, 11) is 0. The summed E-state index contributed by atoms with van der Waals surface area (Å²) < 4.78 is 6.08. The molecule has 1 aliphatic rings. The third-order valence-electron chi connectivity index (χ3n) is 6.85. The molecule has 0 atom stereocenters. The van der Waals surface area contributed by atoms with Crippen molar-refractivity contribution in [2.45, 2.75) is 32.9 Å². The van der Waals surface area contributed by atoms with Crippen LogP contribution < -0.4 is 21.1 Å². The molecule has 5 rings (SSSR count). The zero-order chi connectivity index (χ0) is 28.9. The van der Waals surface area contributed by atoms with Gasteiger partial charge < -0.3 is 26.2 Å². The Bertz CT molecular complexity index is 1610. The molecule has 3 heterocycles. The summed E-state index contributed by atoms with van der Waals surface area (Å²) in [5.74, 6) is -1.60. The van der Waals surface area contributed by atoms with Crippen molar-refractivity contribution in [1.29, 1.82) is 0 Å². The molecule has 0 radical (unpaired) electrons. The van der Waals surface area contributed by atoms with Crippen molar-refractivity contribution < 1.29 is 24.2 Å². The van der Waals surface area contributed by atoms with Crippen LogP contribution in [0.2, 0.25) is 0 Å². The molecule has 1 aliphatic heterocycles. The Labute approximate surface area is 241 Å². The number of thiophene rings is 1. The highest BCUT2D eigenvalue weighted by molar-refractivity contribution is 7.13. The second-order valence-electron chi connectivity index (χ2n) is 9.62. The minimum atomic E-state index is -1.31. The fourth-order valence-corrected chi connectivity index (χ4v) is 5.67. The average Bonchev–Trinajstić information content (AvgIpc) is 3.39. The number of hydrogen-bond acceptors (Lipinski definition) is 7. The number of amides is 2. The molecule has 0 saturated heterocycles. The standard InChI is InChI=1S/C31H30N4O5S/c1-2-11-33-30(37)25-8-7-21(27(35-25)31(38)39)22-15-26-24(28-20(9-12-40-26)10-13-41-28)14-23(22)29(36)34-17-19-5-3-18(16-32)4-6-19/h3-8,10,13-15H,2,9,11-12,16-17,32H2,1H3,(H,33,37)(H,34,36)(H,38,39). The van der Waals surface area contributed by atoms with Crippen LogP contribution in [0.15, 0.2) is 60.0 Å². The van der Waals surface area contributed by atoms with E-state index in [2.05, 4.69) is 15.6 Å². The van der Waals surface area contributed by atoms with Gasteiger partial charge in [-0.25, -0.2) is 9.78 Å². The first-order valence-corrected chi connectivity index (χ1v) is 14.2.